The van der Waals surface area contributed by atoms with Gasteiger partial charge in [-0.05, 0) is 12.1 Å². The van der Waals surface area contributed by atoms with E-state index in [0.29, 0.717) is 11.3 Å². The summed E-state index contributed by atoms with van der Waals surface area (Å²) in [7, 11) is -3.27. The van der Waals surface area contributed by atoms with Gasteiger partial charge in [0.1, 0.15) is 0 Å². The van der Waals surface area contributed by atoms with Crippen molar-refractivity contribution in [3.8, 4) is 0 Å². The number of benzene rings is 1. The molecule has 1 aliphatic heterocycles. The Kier molecular flexibility index (Phi) is 3.59. The molecule has 0 N–H and O–H groups in total. The van der Waals surface area contributed by atoms with E-state index in [-0.39, 0.29) is 0 Å². The fourth-order valence-electron chi connectivity index (χ4n) is 2.50. The second-order valence-corrected chi connectivity index (χ2v) is 8.06. The monoisotopic (exact) mass is 320 g/mol. The number of aromatic nitrogens is 1. The summed E-state index contributed by atoms with van der Waals surface area (Å²) in [5.41, 5.74) is 2.78. The quantitative estimate of drug-likeness (QED) is 0.869. The molecule has 1 saturated heterocycles. The van der Waals surface area contributed by atoms with E-state index in [1.165, 1.54) is 17.6 Å². The normalized spacial score (nSPS) is 15.1. The van der Waals surface area contributed by atoms with E-state index in [2.05, 4.69) is 16.5 Å². The zero-order chi connectivity index (χ0) is 15.0. The fourth-order valence-corrected chi connectivity index (χ4v) is 4.07. The third kappa shape index (κ3) is 2.73. The Bertz CT molecular complexity index is 780. The Morgan fingerprint density at radius 1 is 1.43 bits per heavy atom. The van der Waals surface area contributed by atoms with Gasteiger partial charge in [0.15, 0.2) is 9.84 Å². The molecule has 1 aromatic carbocycles. The molecule has 6 heteroatoms. The molecule has 0 atom stereocenters. The minimum Gasteiger partial charge on any atom is -0.345 e. The highest BCUT2D eigenvalue weighted by Crippen LogP contribution is 2.35. The molecule has 21 heavy (non-hydrogen) atoms. The van der Waals surface area contributed by atoms with Gasteiger partial charge >= 0.3 is 0 Å². The molecule has 110 valence electrons. The maximum absolute atomic E-state index is 12.1. The van der Waals surface area contributed by atoms with Crippen LogP contribution in [0.3, 0.4) is 0 Å². The number of rotatable bonds is 4. The molecule has 0 saturated carbocycles. The van der Waals surface area contributed by atoms with Crippen molar-refractivity contribution in [1.29, 1.82) is 0 Å². The molecule has 2 aromatic rings. The van der Waals surface area contributed by atoms with Crippen LogP contribution in [0, 0.1) is 0 Å². The summed E-state index contributed by atoms with van der Waals surface area (Å²) in [5.74, 6) is 0. The summed E-state index contributed by atoms with van der Waals surface area (Å²) in [4.78, 5) is 6.75. The molecule has 1 aromatic heterocycles. The number of hydrogen-bond acceptors (Lipinski definition) is 5. The topological polar surface area (TPSA) is 50.3 Å². The summed E-state index contributed by atoms with van der Waals surface area (Å²) in [6.45, 7) is 4.90. The van der Waals surface area contributed by atoms with Gasteiger partial charge in [-0.2, -0.15) is 0 Å². The highest BCUT2D eigenvalue weighted by molar-refractivity contribution is 7.90. The number of thiazole rings is 1. The zero-order valence-electron chi connectivity index (χ0n) is 11.7. The highest BCUT2D eigenvalue weighted by atomic mass is 32.2. The summed E-state index contributed by atoms with van der Waals surface area (Å²) >= 11 is 1.54. The first-order chi connectivity index (χ1) is 9.97. The van der Waals surface area contributed by atoms with Crippen LogP contribution in [0.25, 0.3) is 0 Å². The standard InChI is InChI=1S/C15H16N2O2S2/c1-11-6-8-17(11)13-4-3-5-14(21(2,18)19)12(13)10-15-16-7-9-20-15/h3-5,7,9H,1,6,8,10H2,2H3. The number of anilines is 1. The van der Waals surface area contributed by atoms with Crippen LogP contribution in [0.1, 0.15) is 17.0 Å². The van der Waals surface area contributed by atoms with E-state index in [0.717, 1.165) is 34.9 Å². The van der Waals surface area contributed by atoms with Gasteiger partial charge in [-0.25, -0.2) is 13.4 Å². The zero-order valence-corrected chi connectivity index (χ0v) is 13.4. The Hall–Kier alpha value is -1.66. The van der Waals surface area contributed by atoms with Gasteiger partial charge in [0.2, 0.25) is 0 Å². The van der Waals surface area contributed by atoms with Crippen molar-refractivity contribution >= 4 is 26.9 Å². The van der Waals surface area contributed by atoms with E-state index in [1.54, 1.807) is 18.3 Å². The lowest BCUT2D eigenvalue weighted by atomic mass is 10.0. The second kappa shape index (κ2) is 5.27. The van der Waals surface area contributed by atoms with Crippen molar-refractivity contribution in [3.63, 3.8) is 0 Å². The molecular formula is C15H16N2O2S2. The molecule has 1 aliphatic rings. The molecule has 2 heterocycles. The number of hydrogen-bond donors (Lipinski definition) is 0. The van der Waals surface area contributed by atoms with Crippen LogP contribution in [0.4, 0.5) is 5.69 Å². The van der Waals surface area contributed by atoms with Crippen LogP contribution in [0.15, 0.2) is 46.9 Å². The van der Waals surface area contributed by atoms with E-state index >= 15 is 0 Å². The number of sulfone groups is 1. The number of nitrogens with zero attached hydrogens (tertiary/aromatic N) is 2. The molecule has 0 aliphatic carbocycles. The van der Waals surface area contributed by atoms with Crippen LogP contribution in [-0.4, -0.2) is 26.2 Å². The molecule has 0 unspecified atom stereocenters. The molecule has 0 bridgehead atoms. The Labute approximate surface area is 128 Å². The summed E-state index contributed by atoms with van der Waals surface area (Å²) in [6.07, 6.45) is 4.48. The van der Waals surface area contributed by atoms with Gasteiger partial charge in [0.25, 0.3) is 0 Å². The van der Waals surface area contributed by atoms with Crippen molar-refractivity contribution < 1.29 is 8.42 Å². The van der Waals surface area contributed by atoms with Crippen molar-refractivity contribution in [2.45, 2.75) is 17.7 Å². The first-order valence-electron chi connectivity index (χ1n) is 6.62. The first kappa shape index (κ1) is 14.3. The highest BCUT2D eigenvalue weighted by Gasteiger charge is 2.26. The van der Waals surface area contributed by atoms with E-state index in [4.69, 9.17) is 0 Å². The average molecular weight is 320 g/mol. The van der Waals surface area contributed by atoms with Crippen molar-refractivity contribution in [3.05, 3.63) is 52.6 Å². The third-order valence-corrected chi connectivity index (χ3v) is 5.58. The SMILES string of the molecule is C=C1CCN1c1cccc(S(C)(=O)=O)c1Cc1nccs1. The van der Waals surface area contributed by atoms with Gasteiger partial charge in [-0.15, -0.1) is 11.3 Å². The lowest BCUT2D eigenvalue weighted by Gasteiger charge is -2.37. The van der Waals surface area contributed by atoms with Gasteiger partial charge in [-0.3, -0.25) is 0 Å². The Balaban J connectivity index is 2.13. The van der Waals surface area contributed by atoms with E-state index < -0.39 is 9.84 Å². The van der Waals surface area contributed by atoms with Gasteiger partial charge in [-0.1, -0.05) is 12.6 Å². The summed E-state index contributed by atoms with van der Waals surface area (Å²) in [6, 6.07) is 5.43. The van der Waals surface area contributed by atoms with Crippen molar-refractivity contribution in [2.75, 3.05) is 17.7 Å². The second-order valence-electron chi connectivity index (χ2n) is 5.10. The third-order valence-electron chi connectivity index (χ3n) is 3.62. The van der Waals surface area contributed by atoms with Gasteiger partial charge < -0.3 is 4.90 Å². The molecule has 4 nitrogen and oxygen atoms in total. The largest absolute Gasteiger partial charge is 0.345 e. The Morgan fingerprint density at radius 3 is 2.76 bits per heavy atom. The lowest BCUT2D eigenvalue weighted by Crippen LogP contribution is -2.35. The first-order valence-corrected chi connectivity index (χ1v) is 9.39. The van der Waals surface area contributed by atoms with Gasteiger partial charge in [0.05, 0.1) is 9.90 Å². The summed E-state index contributed by atoms with van der Waals surface area (Å²) in [5, 5.41) is 2.82. The Morgan fingerprint density at radius 2 is 2.24 bits per heavy atom. The maximum atomic E-state index is 12.1. The van der Waals surface area contributed by atoms with Crippen molar-refractivity contribution in [2.24, 2.45) is 0 Å². The molecule has 1 fully saturated rings. The van der Waals surface area contributed by atoms with Crippen LogP contribution in [0.2, 0.25) is 0 Å². The predicted molar refractivity (Wildman–Crippen MR) is 85.6 cm³/mol. The van der Waals surface area contributed by atoms with Crippen LogP contribution in [-0.2, 0) is 16.3 Å². The lowest BCUT2D eigenvalue weighted by molar-refractivity contribution is 0.600. The smallest absolute Gasteiger partial charge is 0.175 e. The summed E-state index contributed by atoms with van der Waals surface area (Å²) < 4.78 is 24.2. The fraction of sp³-hybridized carbons (Fsp3) is 0.267. The van der Waals surface area contributed by atoms with E-state index in [1.807, 2.05) is 11.4 Å². The predicted octanol–water partition coefficient (Wildman–Crippen LogP) is 2.86. The minimum atomic E-state index is -3.27. The van der Waals surface area contributed by atoms with Crippen LogP contribution < -0.4 is 4.90 Å². The molecule has 0 spiro atoms. The molecule has 3 rings (SSSR count). The molecular weight excluding hydrogens is 304 g/mol. The van der Waals surface area contributed by atoms with Crippen molar-refractivity contribution in [1.82, 2.24) is 4.98 Å². The van der Waals surface area contributed by atoms with Crippen LogP contribution in [0.5, 0.6) is 0 Å². The average Bonchev–Trinajstić information content (AvgIpc) is 2.90. The van der Waals surface area contributed by atoms with E-state index in [9.17, 15) is 8.42 Å². The molecule has 0 amide bonds. The van der Waals surface area contributed by atoms with Crippen LogP contribution >= 0.6 is 11.3 Å². The molecule has 0 radical (unpaired) electrons. The van der Waals surface area contributed by atoms with Gasteiger partial charge in [0, 0.05) is 54.2 Å². The maximum Gasteiger partial charge on any atom is 0.175 e. The minimum absolute atomic E-state index is 0.384.